The first-order chi connectivity index (χ1) is 7.70. The predicted molar refractivity (Wildman–Crippen MR) is 57.0 cm³/mol. The molecule has 1 aromatic carbocycles. The summed E-state index contributed by atoms with van der Waals surface area (Å²) in [7, 11) is 1.58. The minimum atomic E-state index is -0.839. The monoisotopic (exact) mass is 220 g/mol. The van der Waals surface area contributed by atoms with Gasteiger partial charge in [0.2, 0.25) is 0 Å². The van der Waals surface area contributed by atoms with Crippen molar-refractivity contribution in [2.75, 3.05) is 7.11 Å². The number of benzene rings is 1. The minimum absolute atomic E-state index is 0.419. The molecule has 2 atom stereocenters. The maximum atomic E-state index is 10.8. The van der Waals surface area contributed by atoms with E-state index < -0.39 is 18.2 Å². The number of aliphatic hydroxyl groups excluding tert-OH is 1. The van der Waals surface area contributed by atoms with Gasteiger partial charge in [0, 0.05) is 6.08 Å². The van der Waals surface area contributed by atoms with Crippen LogP contribution in [0.5, 0.6) is 5.75 Å². The Hall–Kier alpha value is -1.81. The smallest absolute Gasteiger partial charge is 0.331 e. The predicted octanol–water partition coefficient (Wildman–Crippen LogP) is 1.21. The topological polar surface area (TPSA) is 55.8 Å². The molecule has 1 aliphatic rings. The number of hydrogen-bond acceptors (Lipinski definition) is 4. The van der Waals surface area contributed by atoms with Gasteiger partial charge in [-0.05, 0) is 23.8 Å². The fourth-order valence-electron chi connectivity index (χ4n) is 1.55. The van der Waals surface area contributed by atoms with Gasteiger partial charge in [0.1, 0.15) is 11.9 Å². The molecule has 1 heterocycles. The molecule has 1 N–H and O–H groups in total. The zero-order valence-corrected chi connectivity index (χ0v) is 8.79. The molecule has 4 heteroatoms. The first-order valence-electron chi connectivity index (χ1n) is 4.91. The van der Waals surface area contributed by atoms with Gasteiger partial charge in [-0.25, -0.2) is 4.79 Å². The van der Waals surface area contributed by atoms with Crippen LogP contribution in [0.4, 0.5) is 0 Å². The number of rotatable bonds is 3. The summed E-state index contributed by atoms with van der Waals surface area (Å²) in [6.45, 7) is 0. The molecule has 4 nitrogen and oxygen atoms in total. The van der Waals surface area contributed by atoms with Crippen LogP contribution in [0.1, 0.15) is 11.7 Å². The van der Waals surface area contributed by atoms with Gasteiger partial charge in [-0.2, -0.15) is 0 Å². The van der Waals surface area contributed by atoms with E-state index >= 15 is 0 Å². The van der Waals surface area contributed by atoms with Crippen LogP contribution in [0.2, 0.25) is 0 Å². The Bertz CT molecular complexity index is 408. The average Bonchev–Trinajstić information content (AvgIpc) is 2.75. The zero-order chi connectivity index (χ0) is 11.5. The van der Waals surface area contributed by atoms with Crippen LogP contribution in [0.25, 0.3) is 0 Å². The maximum Gasteiger partial charge on any atom is 0.331 e. The van der Waals surface area contributed by atoms with E-state index in [1.807, 2.05) is 0 Å². The summed E-state index contributed by atoms with van der Waals surface area (Å²) in [4.78, 5) is 10.8. The molecule has 84 valence electrons. The largest absolute Gasteiger partial charge is 0.497 e. The van der Waals surface area contributed by atoms with Gasteiger partial charge in [-0.15, -0.1) is 0 Å². The standard InChI is InChI=1S/C12H12O4/c1-15-9-4-2-8(3-5-9)12(14)10-6-7-11(13)16-10/h2-7,10,12,14H,1H3/t10-,12-/m1/s1. The second kappa shape index (κ2) is 4.37. The number of aliphatic hydroxyl groups is 1. The van der Waals surface area contributed by atoms with Crippen LogP contribution in [0.15, 0.2) is 36.4 Å². The molecular formula is C12H12O4. The molecule has 0 fully saturated rings. The van der Waals surface area contributed by atoms with E-state index in [0.29, 0.717) is 5.56 Å². The van der Waals surface area contributed by atoms with Crippen LogP contribution in [0.3, 0.4) is 0 Å². The summed E-state index contributed by atoms with van der Waals surface area (Å²) in [6, 6.07) is 6.98. The van der Waals surface area contributed by atoms with E-state index in [9.17, 15) is 9.90 Å². The van der Waals surface area contributed by atoms with Gasteiger partial charge in [0.05, 0.1) is 7.11 Å². The van der Waals surface area contributed by atoms with Crippen molar-refractivity contribution in [2.45, 2.75) is 12.2 Å². The molecule has 0 saturated carbocycles. The number of carbonyl (C=O) groups is 1. The summed E-state index contributed by atoms with van der Waals surface area (Å²) in [6.07, 6.45) is 1.43. The highest BCUT2D eigenvalue weighted by molar-refractivity contribution is 5.84. The Morgan fingerprint density at radius 1 is 1.38 bits per heavy atom. The van der Waals surface area contributed by atoms with Gasteiger partial charge in [-0.1, -0.05) is 12.1 Å². The molecule has 0 spiro atoms. The molecule has 0 saturated heterocycles. The third-order valence-electron chi connectivity index (χ3n) is 2.44. The number of carbonyl (C=O) groups excluding carboxylic acids is 1. The van der Waals surface area contributed by atoms with Crippen molar-refractivity contribution < 1.29 is 19.4 Å². The highest BCUT2D eigenvalue weighted by atomic mass is 16.6. The number of cyclic esters (lactones) is 1. The summed E-state index contributed by atoms with van der Waals surface area (Å²) in [5, 5.41) is 9.93. The molecule has 0 unspecified atom stereocenters. The van der Waals surface area contributed by atoms with Gasteiger partial charge in [0.25, 0.3) is 0 Å². The quantitative estimate of drug-likeness (QED) is 0.778. The second-order valence-corrected chi connectivity index (χ2v) is 3.48. The van der Waals surface area contributed by atoms with Crippen molar-refractivity contribution in [1.82, 2.24) is 0 Å². The summed E-state index contributed by atoms with van der Waals surface area (Å²) in [5.41, 5.74) is 0.685. The summed E-state index contributed by atoms with van der Waals surface area (Å²) >= 11 is 0. The Morgan fingerprint density at radius 3 is 2.56 bits per heavy atom. The molecule has 2 rings (SSSR count). The second-order valence-electron chi connectivity index (χ2n) is 3.48. The first-order valence-corrected chi connectivity index (χ1v) is 4.91. The van der Waals surface area contributed by atoms with Crippen molar-refractivity contribution in [3.8, 4) is 5.75 Å². The molecule has 1 aliphatic heterocycles. The van der Waals surface area contributed by atoms with Crippen LogP contribution >= 0.6 is 0 Å². The molecule has 0 aliphatic carbocycles. The van der Waals surface area contributed by atoms with E-state index in [4.69, 9.17) is 9.47 Å². The SMILES string of the molecule is COc1ccc([C@@H](O)[C@H]2C=CC(=O)O2)cc1. The van der Waals surface area contributed by atoms with E-state index in [1.165, 1.54) is 6.08 Å². The van der Waals surface area contributed by atoms with Crippen molar-refractivity contribution in [3.05, 3.63) is 42.0 Å². The molecule has 0 aromatic heterocycles. The highest BCUT2D eigenvalue weighted by Crippen LogP contribution is 2.24. The van der Waals surface area contributed by atoms with Crippen LogP contribution in [0, 0.1) is 0 Å². The maximum absolute atomic E-state index is 10.8. The van der Waals surface area contributed by atoms with E-state index in [1.54, 1.807) is 37.5 Å². The van der Waals surface area contributed by atoms with Gasteiger partial charge < -0.3 is 14.6 Å². The van der Waals surface area contributed by atoms with Crippen LogP contribution < -0.4 is 4.74 Å². The molecule has 1 aromatic rings. The fraction of sp³-hybridized carbons (Fsp3) is 0.250. The third-order valence-corrected chi connectivity index (χ3v) is 2.44. The Labute approximate surface area is 93.1 Å². The fourth-order valence-corrected chi connectivity index (χ4v) is 1.55. The lowest BCUT2D eigenvalue weighted by Crippen LogP contribution is -2.18. The van der Waals surface area contributed by atoms with Crippen molar-refractivity contribution >= 4 is 5.97 Å². The molecule has 0 radical (unpaired) electrons. The molecule has 0 amide bonds. The van der Waals surface area contributed by atoms with Crippen molar-refractivity contribution in [1.29, 1.82) is 0 Å². The Kier molecular flexibility index (Phi) is 2.92. The lowest BCUT2D eigenvalue weighted by Gasteiger charge is -2.16. The molecule has 0 bridgehead atoms. The van der Waals surface area contributed by atoms with Gasteiger partial charge >= 0.3 is 5.97 Å². The first kappa shape index (κ1) is 10.7. The van der Waals surface area contributed by atoms with Crippen LogP contribution in [-0.2, 0) is 9.53 Å². The van der Waals surface area contributed by atoms with E-state index in [-0.39, 0.29) is 0 Å². The van der Waals surface area contributed by atoms with E-state index in [2.05, 4.69) is 0 Å². The van der Waals surface area contributed by atoms with Crippen molar-refractivity contribution in [3.63, 3.8) is 0 Å². The summed E-state index contributed by atoms with van der Waals surface area (Å²) in [5.74, 6) is 0.299. The van der Waals surface area contributed by atoms with Gasteiger partial charge in [-0.3, -0.25) is 0 Å². The number of ether oxygens (including phenoxy) is 2. The number of hydrogen-bond donors (Lipinski definition) is 1. The lowest BCUT2D eigenvalue weighted by atomic mass is 10.0. The number of esters is 1. The molecule has 16 heavy (non-hydrogen) atoms. The zero-order valence-electron chi connectivity index (χ0n) is 8.79. The highest BCUT2D eigenvalue weighted by Gasteiger charge is 2.25. The molecular weight excluding hydrogens is 208 g/mol. The summed E-state index contributed by atoms with van der Waals surface area (Å²) < 4.78 is 9.91. The normalized spacial score (nSPS) is 20.6. The number of methoxy groups -OCH3 is 1. The van der Waals surface area contributed by atoms with Gasteiger partial charge in [0.15, 0.2) is 6.10 Å². The lowest BCUT2D eigenvalue weighted by molar-refractivity contribution is -0.142. The third kappa shape index (κ3) is 2.06. The minimum Gasteiger partial charge on any atom is -0.497 e. The Balaban J connectivity index is 2.11. The van der Waals surface area contributed by atoms with Crippen molar-refractivity contribution in [2.24, 2.45) is 0 Å². The van der Waals surface area contributed by atoms with Crippen LogP contribution in [-0.4, -0.2) is 24.3 Å². The average molecular weight is 220 g/mol. The van der Waals surface area contributed by atoms with E-state index in [0.717, 1.165) is 5.75 Å². The Morgan fingerprint density at radius 2 is 2.06 bits per heavy atom.